The topological polar surface area (TPSA) is 46.5 Å². The third-order valence-corrected chi connectivity index (χ3v) is 4.93. The Morgan fingerprint density at radius 3 is 2.71 bits per heavy atom. The minimum Gasteiger partial charge on any atom is -0.481 e. The number of carbonyl (C=O) groups is 1. The molecule has 1 aromatic carbocycles. The van der Waals surface area contributed by atoms with Crippen LogP contribution in [-0.2, 0) is 9.53 Å². The monoisotopic (exact) mass is 292 g/mol. The Morgan fingerprint density at radius 2 is 2.05 bits per heavy atom. The second kappa shape index (κ2) is 5.76. The summed E-state index contributed by atoms with van der Waals surface area (Å²) in [4.78, 5) is 11.5. The van der Waals surface area contributed by atoms with Crippen molar-refractivity contribution in [3.8, 4) is 0 Å². The Balaban J connectivity index is 1.72. The van der Waals surface area contributed by atoms with Crippen LogP contribution in [0.2, 0.25) is 0 Å². The summed E-state index contributed by atoms with van der Waals surface area (Å²) in [5.74, 6) is -2.25. The number of carboxylic acid groups (broad SMARTS) is 1. The largest absolute Gasteiger partial charge is 0.481 e. The fourth-order valence-electron chi connectivity index (χ4n) is 3.83. The van der Waals surface area contributed by atoms with Crippen molar-refractivity contribution >= 4 is 5.97 Å². The number of carboxylic acids is 1. The molecule has 0 amide bonds. The molecular formula is C17H21FO3. The highest BCUT2D eigenvalue weighted by atomic mass is 19.1. The maximum atomic E-state index is 13.9. The van der Waals surface area contributed by atoms with Gasteiger partial charge in [-0.2, -0.15) is 0 Å². The number of hydrogen-bond acceptors (Lipinski definition) is 2. The first-order chi connectivity index (χ1) is 10.1. The first-order valence-corrected chi connectivity index (χ1v) is 7.75. The zero-order valence-corrected chi connectivity index (χ0v) is 12.1. The van der Waals surface area contributed by atoms with E-state index in [1.54, 1.807) is 18.2 Å². The zero-order chi connectivity index (χ0) is 14.9. The van der Waals surface area contributed by atoms with Gasteiger partial charge in [-0.15, -0.1) is 0 Å². The van der Waals surface area contributed by atoms with E-state index in [2.05, 4.69) is 0 Å². The van der Waals surface area contributed by atoms with Gasteiger partial charge < -0.3 is 9.84 Å². The number of aliphatic carboxylic acids is 1. The van der Waals surface area contributed by atoms with Crippen molar-refractivity contribution in [2.45, 2.75) is 62.6 Å². The molecule has 0 aromatic heterocycles. The van der Waals surface area contributed by atoms with Crippen molar-refractivity contribution in [2.24, 2.45) is 0 Å². The van der Waals surface area contributed by atoms with Crippen LogP contribution in [0.25, 0.3) is 0 Å². The number of halogens is 1. The lowest BCUT2D eigenvalue weighted by molar-refractivity contribution is -0.140. The smallest absolute Gasteiger partial charge is 0.311 e. The Hall–Kier alpha value is -1.42. The summed E-state index contributed by atoms with van der Waals surface area (Å²) in [7, 11) is 0. The van der Waals surface area contributed by atoms with Crippen molar-refractivity contribution in [2.75, 3.05) is 0 Å². The van der Waals surface area contributed by atoms with E-state index < -0.39 is 17.7 Å². The fourth-order valence-corrected chi connectivity index (χ4v) is 3.83. The summed E-state index contributed by atoms with van der Waals surface area (Å²) in [5.41, 5.74) is 0.254. The molecule has 3 nitrogen and oxygen atoms in total. The van der Waals surface area contributed by atoms with Gasteiger partial charge in [0.25, 0.3) is 0 Å². The molecule has 4 heteroatoms. The summed E-state index contributed by atoms with van der Waals surface area (Å²) in [5, 5.41) is 9.45. The molecule has 1 aromatic rings. The maximum Gasteiger partial charge on any atom is 0.311 e. The minimum atomic E-state index is -0.976. The van der Waals surface area contributed by atoms with Gasteiger partial charge in [0, 0.05) is 5.56 Å². The van der Waals surface area contributed by atoms with Gasteiger partial charge in [0.2, 0.25) is 0 Å². The molecule has 1 saturated carbocycles. The van der Waals surface area contributed by atoms with Gasteiger partial charge in [-0.3, -0.25) is 4.79 Å². The van der Waals surface area contributed by atoms with Gasteiger partial charge in [0.05, 0.1) is 17.6 Å². The van der Waals surface area contributed by atoms with Gasteiger partial charge in [0.15, 0.2) is 0 Å². The number of ether oxygens (including phenoxy) is 1. The van der Waals surface area contributed by atoms with Crippen LogP contribution in [0.5, 0.6) is 0 Å². The molecule has 1 aliphatic carbocycles. The maximum absolute atomic E-state index is 13.9. The molecule has 2 unspecified atom stereocenters. The van der Waals surface area contributed by atoms with Crippen molar-refractivity contribution in [1.29, 1.82) is 0 Å². The average Bonchev–Trinajstić information content (AvgIpc) is 3.08. The molecule has 1 aliphatic heterocycles. The van der Waals surface area contributed by atoms with Crippen molar-refractivity contribution in [3.05, 3.63) is 35.6 Å². The van der Waals surface area contributed by atoms with E-state index in [0.717, 1.165) is 25.7 Å². The van der Waals surface area contributed by atoms with E-state index in [1.165, 1.54) is 18.9 Å². The molecule has 1 spiro atoms. The average molecular weight is 292 g/mol. The lowest BCUT2D eigenvalue weighted by atomic mass is 9.91. The van der Waals surface area contributed by atoms with E-state index in [4.69, 9.17) is 4.74 Å². The van der Waals surface area contributed by atoms with E-state index in [0.29, 0.717) is 6.42 Å². The van der Waals surface area contributed by atoms with Crippen LogP contribution in [0, 0.1) is 5.82 Å². The zero-order valence-electron chi connectivity index (χ0n) is 12.1. The van der Waals surface area contributed by atoms with Crippen LogP contribution >= 0.6 is 0 Å². The van der Waals surface area contributed by atoms with Gasteiger partial charge in [-0.05, 0) is 38.2 Å². The molecule has 114 valence electrons. The molecule has 1 saturated heterocycles. The van der Waals surface area contributed by atoms with Gasteiger partial charge in [0.1, 0.15) is 5.82 Å². The standard InChI is InChI=1S/C17H21FO3/c18-15-6-2-1-5-13(15)14(16(19)20)11-12-7-10-17(21-12)8-3-4-9-17/h1-2,5-6,12,14H,3-4,7-11H2,(H,19,20). The highest BCUT2D eigenvalue weighted by Crippen LogP contribution is 2.45. The van der Waals surface area contributed by atoms with Crippen LogP contribution in [0.1, 0.15) is 56.4 Å². The quantitative estimate of drug-likeness (QED) is 0.916. The van der Waals surface area contributed by atoms with Crippen LogP contribution in [0.15, 0.2) is 24.3 Å². The Kier molecular flexibility index (Phi) is 3.98. The lowest BCUT2D eigenvalue weighted by Crippen LogP contribution is -2.26. The second-order valence-corrected chi connectivity index (χ2v) is 6.32. The Morgan fingerprint density at radius 1 is 1.33 bits per heavy atom. The van der Waals surface area contributed by atoms with Crippen LogP contribution in [0.3, 0.4) is 0 Å². The lowest BCUT2D eigenvalue weighted by Gasteiger charge is -2.25. The van der Waals surface area contributed by atoms with E-state index in [1.807, 2.05) is 0 Å². The highest BCUT2D eigenvalue weighted by molar-refractivity contribution is 5.76. The normalized spacial score (nSPS) is 25.3. The highest BCUT2D eigenvalue weighted by Gasteiger charge is 2.43. The van der Waals surface area contributed by atoms with Crippen LogP contribution in [0.4, 0.5) is 4.39 Å². The van der Waals surface area contributed by atoms with Crippen molar-refractivity contribution < 1.29 is 19.0 Å². The first kappa shape index (κ1) is 14.5. The second-order valence-electron chi connectivity index (χ2n) is 6.32. The molecule has 0 bridgehead atoms. The molecule has 2 atom stereocenters. The van der Waals surface area contributed by atoms with Gasteiger partial charge in [-0.1, -0.05) is 31.0 Å². The van der Waals surface area contributed by atoms with E-state index in [9.17, 15) is 14.3 Å². The summed E-state index contributed by atoms with van der Waals surface area (Å²) in [6, 6.07) is 6.15. The predicted octanol–water partition coefficient (Wildman–Crippen LogP) is 3.88. The SMILES string of the molecule is O=C(O)C(CC1CCC2(CCCC2)O1)c1ccccc1F. The van der Waals surface area contributed by atoms with E-state index in [-0.39, 0.29) is 17.3 Å². The summed E-state index contributed by atoms with van der Waals surface area (Å²) < 4.78 is 20.0. The minimum absolute atomic E-state index is 0.0110. The first-order valence-electron chi connectivity index (χ1n) is 7.75. The molecule has 0 radical (unpaired) electrons. The summed E-state index contributed by atoms with van der Waals surface area (Å²) in [6.07, 6.45) is 6.76. The van der Waals surface area contributed by atoms with Crippen LogP contribution in [-0.4, -0.2) is 22.8 Å². The molecule has 21 heavy (non-hydrogen) atoms. The molecule has 1 heterocycles. The molecular weight excluding hydrogens is 271 g/mol. The Bertz CT molecular complexity index is 523. The van der Waals surface area contributed by atoms with Crippen molar-refractivity contribution in [3.63, 3.8) is 0 Å². The summed E-state index contributed by atoms with van der Waals surface area (Å²) >= 11 is 0. The molecule has 3 rings (SSSR count). The van der Waals surface area contributed by atoms with Crippen LogP contribution < -0.4 is 0 Å². The third-order valence-electron chi connectivity index (χ3n) is 4.93. The number of hydrogen-bond donors (Lipinski definition) is 1. The van der Waals surface area contributed by atoms with E-state index >= 15 is 0 Å². The Labute approximate surface area is 124 Å². The summed E-state index contributed by atoms with van der Waals surface area (Å²) in [6.45, 7) is 0. The molecule has 2 aliphatic rings. The number of benzene rings is 1. The van der Waals surface area contributed by atoms with Crippen molar-refractivity contribution in [1.82, 2.24) is 0 Å². The van der Waals surface area contributed by atoms with Gasteiger partial charge >= 0.3 is 5.97 Å². The fraction of sp³-hybridized carbons (Fsp3) is 0.588. The predicted molar refractivity (Wildman–Crippen MR) is 76.7 cm³/mol. The van der Waals surface area contributed by atoms with Gasteiger partial charge in [-0.25, -0.2) is 4.39 Å². The third kappa shape index (κ3) is 2.95. The number of rotatable bonds is 4. The molecule has 2 fully saturated rings. The molecule has 1 N–H and O–H groups in total.